The summed E-state index contributed by atoms with van der Waals surface area (Å²) >= 11 is 0. The summed E-state index contributed by atoms with van der Waals surface area (Å²) in [5.74, 6) is 1.37. The van der Waals surface area contributed by atoms with E-state index in [1.165, 1.54) is 0 Å². The summed E-state index contributed by atoms with van der Waals surface area (Å²) < 4.78 is 16.2. The van der Waals surface area contributed by atoms with Crippen LogP contribution in [0.2, 0.25) is 19.6 Å². The van der Waals surface area contributed by atoms with Crippen LogP contribution >= 0.6 is 0 Å². The molecule has 1 aromatic carbocycles. The molecule has 94 valence electrons. The van der Waals surface area contributed by atoms with Crippen LogP contribution in [0, 0.1) is 0 Å². The van der Waals surface area contributed by atoms with Gasteiger partial charge in [-0.2, -0.15) is 0 Å². The fraction of sp³-hybridized carbons (Fsp3) is 0.385. The molecule has 0 radical (unpaired) electrons. The number of hydrogen-bond donors (Lipinski definition) is 0. The Hall–Kier alpha value is -1.42. The monoisotopic (exact) mass is 252 g/mol. The Bertz CT molecular complexity index is 394. The van der Waals surface area contributed by atoms with E-state index in [0.717, 1.165) is 11.3 Å². The lowest BCUT2D eigenvalue weighted by molar-refractivity contribution is 0.152. The Labute approximate surface area is 104 Å². The lowest BCUT2D eigenvalue weighted by atomic mass is 10.2. The highest BCUT2D eigenvalue weighted by atomic mass is 28.4. The standard InChI is InChI=1S/C13H20O3Si/c1-14-12-8-6-7-11(9-12)10-13(15-2)16-17(3,4)5/h6-10H,1-5H3. The highest BCUT2D eigenvalue weighted by molar-refractivity contribution is 6.70. The van der Waals surface area contributed by atoms with Crippen molar-refractivity contribution in [1.82, 2.24) is 0 Å². The molecule has 0 aliphatic rings. The van der Waals surface area contributed by atoms with Crippen molar-refractivity contribution in [2.75, 3.05) is 14.2 Å². The van der Waals surface area contributed by atoms with E-state index in [0.29, 0.717) is 5.95 Å². The van der Waals surface area contributed by atoms with Crippen LogP contribution in [-0.2, 0) is 9.16 Å². The van der Waals surface area contributed by atoms with Gasteiger partial charge in [0.15, 0.2) is 0 Å². The van der Waals surface area contributed by atoms with Gasteiger partial charge in [0.2, 0.25) is 8.32 Å². The normalized spacial score (nSPS) is 12.2. The summed E-state index contributed by atoms with van der Waals surface area (Å²) in [6.45, 7) is 6.35. The van der Waals surface area contributed by atoms with Crippen molar-refractivity contribution >= 4 is 14.4 Å². The highest BCUT2D eigenvalue weighted by Crippen LogP contribution is 2.18. The molecular weight excluding hydrogens is 232 g/mol. The van der Waals surface area contributed by atoms with Gasteiger partial charge >= 0.3 is 0 Å². The van der Waals surface area contributed by atoms with Crippen LogP contribution in [-0.4, -0.2) is 22.5 Å². The van der Waals surface area contributed by atoms with Crippen molar-refractivity contribution in [3.8, 4) is 5.75 Å². The Morgan fingerprint density at radius 1 is 1.18 bits per heavy atom. The summed E-state index contributed by atoms with van der Waals surface area (Å²) in [5, 5.41) is 0. The first-order valence-electron chi connectivity index (χ1n) is 5.53. The third-order valence-electron chi connectivity index (χ3n) is 1.99. The molecule has 0 bridgehead atoms. The number of methoxy groups -OCH3 is 2. The SMILES string of the molecule is COC(=Cc1cccc(OC)c1)O[Si](C)(C)C. The van der Waals surface area contributed by atoms with E-state index in [2.05, 4.69) is 19.6 Å². The van der Waals surface area contributed by atoms with Gasteiger partial charge < -0.3 is 13.9 Å². The maximum Gasteiger partial charge on any atom is 0.265 e. The minimum Gasteiger partial charge on any atom is -0.520 e. The number of benzene rings is 1. The predicted molar refractivity (Wildman–Crippen MR) is 72.4 cm³/mol. The van der Waals surface area contributed by atoms with E-state index in [-0.39, 0.29) is 0 Å². The fourth-order valence-corrected chi connectivity index (χ4v) is 2.05. The molecule has 0 atom stereocenters. The molecule has 0 aliphatic carbocycles. The minimum absolute atomic E-state index is 0.553. The van der Waals surface area contributed by atoms with E-state index >= 15 is 0 Å². The second-order valence-corrected chi connectivity index (χ2v) is 9.09. The molecule has 1 aromatic rings. The molecule has 0 aliphatic heterocycles. The predicted octanol–water partition coefficient (Wildman–Crippen LogP) is 3.49. The van der Waals surface area contributed by atoms with Crippen molar-refractivity contribution in [2.45, 2.75) is 19.6 Å². The van der Waals surface area contributed by atoms with E-state index < -0.39 is 8.32 Å². The summed E-state index contributed by atoms with van der Waals surface area (Å²) in [7, 11) is 1.63. The molecule has 0 N–H and O–H groups in total. The summed E-state index contributed by atoms with van der Waals surface area (Å²) in [4.78, 5) is 0. The largest absolute Gasteiger partial charge is 0.520 e. The maximum absolute atomic E-state index is 5.80. The van der Waals surface area contributed by atoms with Crippen LogP contribution in [0.3, 0.4) is 0 Å². The molecule has 0 saturated carbocycles. The van der Waals surface area contributed by atoms with Gasteiger partial charge in [-0.3, -0.25) is 0 Å². The molecule has 3 nitrogen and oxygen atoms in total. The van der Waals surface area contributed by atoms with E-state index in [9.17, 15) is 0 Å². The second kappa shape index (κ2) is 5.77. The van der Waals surface area contributed by atoms with Crippen LogP contribution in [0.4, 0.5) is 0 Å². The quantitative estimate of drug-likeness (QED) is 0.593. The lowest BCUT2D eigenvalue weighted by Gasteiger charge is -2.20. The zero-order valence-corrected chi connectivity index (χ0v) is 12.1. The average Bonchev–Trinajstić information content (AvgIpc) is 2.26. The van der Waals surface area contributed by atoms with Crippen molar-refractivity contribution < 1.29 is 13.9 Å². The van der Waals surface area contributed by atoms with Crippen molar-refractivity contribution in [1.29, 1.82) is 0 Å². The van der Waals surface area contributed by atoms with Crippen LogP contribution in [0.1, 0.15) is 5.56 Å². The van der Waals surface area contributed by atoms with Gasteiger partial charge in [-0.05, 0) is 37.3 Å². The number of rotatable bonds is 5. The van der Waals surface area contributed by atoms with Gasteiger partial charge in [-0.1, -0.05) is 12.1 Å². The number of ether oxygens (including phenoxy) is 2. The zero-order valence-electron chi connectivity index (χ0n) is 11.1. The van der Waals surface area contributed by atoms with Crippen LogP contribution in [0.15, 0.2) is 30.2 Å². The molecule has 0 unspecified atom stereocenters. The van der Waals surface area contributed by atoms with Crippen LogP contribution in [0.5, 0.6) is 5.75 Å². The molecule has 0 heterocycles. The topological polar surface area (TPSA) is 27.7 Å². The molecule has 0 aromatic heterocycles. The zero-order chi connectivity index (χ0) is 12.9. The van der Waals surface area contributed by atoms with Gasteiger partial charge in [0.05, 0.1) is 14.2 Å². The average molecular weight is 252 g/mol. The summed E-state index contributed by atoms with van der Waals surface area (Å²) in [6.07, 6.45) is 1.88. The summed E-state index contributed by atoms with van der Waals surface area (Å²) in [5.41, 5.74) is 0.999. The number of hydrogen-bond acceptors (Lipinski definition) is 3. The Morgan fingerprint density at radius 3 is 2.41 bits per heavy atom. The summed E-state index contributed by atoms with van der Waals surface area (Å²) in [6, 6.07) is 7.76. The minimum atomic E-state index is -1.64. The molecule has 0 saturated heterocycles. The first-order chi connectivity index (χ1) is 7.94. The van der Waals surface area contributed by atoms with Crippen LogP contribution in [0.25, 0.3) is 6.08 Å². The molecule has 1 rings (SSSR count). The van der Waals surface area contributed by atoms with E-state index in [1.54, 1.807) is 14.2 Å². The Kier molecular flexibility index (Phi) is 4.63. The molecule has 0 amide bonds. The fourth-order valence-electron chi connectivity index (χ4n) is 1.30. The van der Waals surface area contributed by atoms with Crippen LogP contribution < -0.4 is 4.74 Å². The first-order valence-corrected chi connectivity index (χ1v) is 8.94. The second-order valence-electron chi connectivity index (χ2n) is 4.66. The highest BCUT2D eigenvalue weighted by Gasteiger charge is 2.18. The third-order valence-corrected chi connectivity index (χ3v) is 2.80. The Balaban J connectivity index is 2.90. The first kappa shape index (κ1) is 13.6. The molecule has 17 heavy (non-hydrogen) atoms. The lowest BCUT2D eigenvalue weighted by Crippen LogP contribution is -2.25. The van der Waals surface area contributed by atoms with Gasteiger partial charge in [0.25, 0.3) is 5.95 Å². The molecule has 4 heteroatoms. The molecule has 0 spiro atoms. The van der Waals surface area contributed by atoms with Gasteiger partial charge in [0, 0.05) is 6.08 Å². The van der Waals surface area contributed by atoms with E-state index in [1.807, 2.05) is 30.3 Å². The third kappa shape index (κ3) is 4.95. The van der Waals surface area contributed by atoms with Gasteiger partial charge in [-0.15, -0.1) is 0 Å². The van der Waals surface area contributed by atoms with Crippen molar-refractivity contribution in [2.24, 2.45) is 0 Å². The van der Waals surface area contributed by atoms with Gasteiger partial charge in [-0.25, -0.2) is 0 Å². The maximum atomic E-state index is 5.80. The Morgan fingerprint density at radius 2 is 1.88 bits per heavy atom. The van der Waals surface area contributed by atoms with E-state index in [4.69, 9.17) is 13.9 Å². The smallest absolute Gasteiger partial charge is 0.265 e. The van der Waals surface area contributed by atoms with Crippen molar-refractivity contribution in [3.05, 3.63) is 35.8 Å². The molecular formula is C13H20O3Si. The van der Waals surface area contributed by atoms with Gasteiger partial charge in [0.1, 0.15) is 5.75 Å². The van der Waals surface area contributed by atoms with Crippen molar-refractivity contribution in [3.63, 3.8) is 0 Å². The molecule has 0 fully saturated rings.